The summed E-state index contributed by atoms with van der Waals surface area (Å²) in [6.45, 7) is 0. The van der Waals surface area contributed by atoms with Crippen LogP contribution in [0.1, 0.15) is 20.7 Å². The Hall–Kier alpha value is -3.77. The molecule has 5 rings (SSSR count). The molecule has 0 spiro atoms. The third-order valence-electron chi connectivity index (χ3n) is 5.11. The molecule has 0 bridgehead atoms. The monoisotopic (exact) mass is 414 g/mol. The van der Waals surface area contributed by atoms with Crippen LogP contribution in [0.2, 0.25) is 5.02 Å². The van der Waals surface area contributed by atoms with E-state index in [4.69, 9.17) is 11.6 Å². The topological polar surface area (TPSA) is 66.4 Å². The van der Waals surface area contributed by atoms with Crippen molar-refractivity contribution in [2.75, 3.05) is 16.8 Å². The minimum Gasteiger partial charge on any atom is -0.314 e. The number of aromatic nitrogens is 2. The molecular weight excluding hydrogens is 400 g/mol. The molecule has 0 aliphatic carbocycles. The number of halogens is 1. The first kappa shape index (κ1) is 18.3. The highest BCUT2D eigenvalue weighted by atomic mass is 35.5. The van der Waals surface area contributed by atoms with Crippen molar-refractivity contribution in [1.29, 1.82) is 0 Å². The van der Waals surface area contributed by atoms with Gasteiger partial charge in [-0.05, 0) is 47.9 Å². The number of pyridine rings is 2. The highest BCUT2D eigenvalue weighted by Crippen LogP contribution is 2.32. The molecule has 30 heavy (non-hydrogen) atoms. The molecule has 0 fully saturated rings. The lowest BCUT2D eigenvalue weighted by Gasteiger charge is -2.21. The normalized spacial score (nSPS) is 13.1. The van der Waals surface area contributed by atoms with E-state index in [1.165, 1.54) is 0 Å². The largest absolute Gasteiger partial charge is 0.314 e. The summed E-state index contributed by atoms with van der Waals surface area (Å²) < 4.78 is 0. The molecule has 0 N–H and O–H groups in total. The quantitative estimate of drug-likeness (QED) is 0.448. The van der Waals surface area contributed by atoms with E-state index in [1.54, 1.807) is 53.6 Å². The van der Waals surface area contributed by atoms with Crippen LogP contribution >= 0.6 is 11.6 Å². The molecule has 6 nitrogen and oxygen atoms in total. The molecule has 0 radical (unpaired) electrons. The van der Waals surface area contributed by atoms with Gasteiger partial charge in [-0.15, -0.1) is 0 Å². The van der Waals surface area contributed by atoms with Crippen molar-refractivity contribution in [3.05, 3.63) is 89.1 Å². The SMILES string of the molecule is CN(c1cccc(N2C(=O)c3ccccc3C2=O)n1)c1nccc2ccc(Cl)cc12. The highest BCUT2D eigenvalue weighted by molar-refractivity contribution is 6.34. The Kier molecular flexibility index (Phi) is 4.22. The second-order valence-corrected chi connectivity index (χ2v) is 7.34. The average molecular weight is 415 g/mol. The first-order chi connectivity index (χ1) is 14.5. The molecule has 7 heteroatoms. The van der Waals surface area contributed by atoms with E-state index in [2.05, 4.69) is 9.97 Å². The van der Waals surface area contributed by atoms with Crippen LogP contribution < -0.4 is 9.80 Å². The molecule has 4 aromatic rings. The summed E-state index contributed by atoms with van der Waals surface area (Å²) in [7, 11) is 1.83. The Morgan fingerprint density at radius 2 is 1.63 bits per heavy atom. The second-order valence-electron chi connectivity index (χ2n) is 6.90. The Morgan fingerprint density at radius 3 is 2.37 bits per heavy atom. The first-order valence-corrected chi connectivity index (χ1v) is 9.65. The van der Waals surface area contributed by atoms with Crippen molar-refractivity contribution in [1.82, 2.24) is 9.97 Å². The highest BCUT2D eigenvalue weighted by Gasteiger charge is 2.37. The molecule has 3 heterocycles. The standard InChI is InChI=1S/C23H15ClN4O2/c1-27(21-18-13-15(24)10-9-14(18)11-12-25-21)19-7-4-8-20(26-19)28-22(29)16-5-2-3-6-17(16)23(28)30/h2-13H,1H3. The van der Waals surface area contributed by atoms with Gasteiger partial charge in [-0.3, -0.25) is 9.59 Å². The van der Waals surface area contributed by atoms with E-state index in [0.29, 0.717) is 27.8 Å². The number of fused-ring (bicyclic) bond motifs is 2. The van der Waals surface area contributed by atoms with Gasteiger partial charge >= 0.3 is 0 Å². The molecule has 1 aliphatic rings. The second kappa shape index (κ2) is 6.93. The summed E-state index contributed by atoms with van der Waals surface area (Å²) in [5.41, 5.74) is 0.766. The van der Waals surface area contributed by atoms with Crippen LogP contribution in [0.3, 0.4) is 0 Å². The molecule has 0 saturated carbocycles. The molecule has 2 aromatic carbocycles. The van der Waals surface area contributed by atoms with Gasteiger partial charge in [0.2, 0.25) is 0 Å². The number of carbonyl (C=O) groups excluding carboxylic acids is 2. The number of hydrogen-bond donors (Lipinski definition) is 0. The maximum atomic E-state index is 12.8. The van der Waals surface area contributed by atoms with Crippen LogP contribution in [0.25, 0.3) is 10.8 Å². The lowest BCUT2D eigenvalue weighted by molar-refractivity contribution is 0.0925. The first-order valence-electron chi connectivity index (χ1n) is 9.27. The summed E-state index contributed by atoms with van der Waals surface area (Å²) in [5, 5.41) is 2.48. The zero-order chi connectivity index (χ0) is 20.8. The van der Waals surface area contributed by atoms with Gasteiger partial charge in [-0.25, -0.2) is 14.9 Å². The maximum absolute atomic E-state index is 12.8. The number of nitrogens with zero attached hydrogens (tertiary/aromatic N) is 4. The number of rotatable bonds is 3. The summed E-state index contributed by atoms with van der Waals surface area (Å²) in [5.74, 6) is 0.728. The van der Waals surface area contributed by atoms with Crippen LogP contribution in [-0.4, -0.2) is 28.8 Å². The summed E-state index contributed by atoms with van der Waals surface area (Å²) in [6, 6.07) is 19.5. The number of carbonyl (C=O) groups is 2. The van der Waals surface area contributed by atoms with E-state index in [0.717, 1.165) is 15.7 Å². The van der Waals surface area contributed by atoms with E-state index >= 15 is 0 Å². The molecule has 0 saturated heterocycles. The van der Waals surface area contributed by atoms with Crippen molar-refractivity contribution in [2.24, 2.45) is 0 Å². The van der Waals surface area contributed by atoms with Crippen molar-refractivity contribution in [3.63, 3.8) is 0 Å². The minimum absolute atomic E-state index is 0.267. The predicted molar refractivity (Wildman–Crippen MR) is 117 cm³/mol. The Balaban J connectivity index is 1.56. The van der Waals surface area contributed by atoms with Gasteiger partial charge in [0.25, 0.3) is 11.8 Å². The molecule has 146 valence electrons. The smallest absolute Gasteiger partial charge is 0.267 e. The van der Waals surface area contributed by atoms with Gasteiger partial charge in [-0.2, -0.15) is 0 Å². The fourth-order valence-electron chi connectivity index (χ4n) is 3.62. The Labute approximate surface area is 177 Å². The van der Waals surface area contributed by atoms with E-state index in [-0.39, 0.29) is 17.6 Å². The third kappa shape index (κ3) is 2.81. The molecule has 0 unspecified atom stereocenters. The van der Waals surface area contributed by atoms with Gasteiger partial charge in [0.1, 0.15) is 17.5 Å². The number of imide groups is 1. The van der Waals surface area contributed by atoms with E-state index in [9.17, 15) is 9.59 Å². The number of hydrogen-bond acceptors (Lipinski definition) is 5. The van der Waals surface area contributed by atoms with Crippen molar-refractivity contribution in [3.8, 4) is 0 Å². The number of benzene rings is 2. The lowest BCUT2D eigenvalue weighted by atomic mass is 10.1. The molecule has 1 aliphatic heterocycles. The van der Waals surface area contributed by atoms with Crippen molar-refractivity contribution >= 4 is 51.6 Å². The number of anilines is 3. The van der Waals surface area contributed by atoms with E-state index < -0.39 is 0 Å². The zero-order valence-corrected chi connectivity index (χ0v) is 16.7. The van der Waals surface area contributed by atoms with Gasteiger partial charge in [0.05, 0.1) is 11.1 Å². The average Bonchev–Trinajstić information content (AvgIpc) is 3.03. The number of amides is 2. The van der Waals surface area contributed by atoms with Crippen molar-refractivity contribution < 1.29 is 9.59 Å². The van der Waals surface area contributed by atoms with E-state index in [1.807, 2.05) is 31.3 Å². The van der Waals surface area contributed by atoms with Gasteiger partial charge in [-0.1, -0.05) is 35.9 Å². The van der Waals surface area contributed by atoms with Crippen molar-refractivity contribution in [2.45, 2.75) is 0 Å². The summed E-state index contributed by atoms with van der Waals surface area (Å²) in [6.07, 6.45) is 1.72. The van der Waals surface area contributed by atoms with Gasteiger partial charge in [0.15, 0.2) is 0 Å². The molecule has 2 aromatic heterocycles. The lowest BCUT2D eigenvalue weighted by Crippen LogP contribution is -2.30. The van der Waals surface area contributed by atoms with Crippen LogP contribution in [0.15, 0.2) is 72.9 Å². The maximum Gasteiger partial charge on any atom is 0.267 e. The third-order valence-corrected chi connectivity index (χ3v) is 5.35. The van der Waals surface area contributed by atoms with Gasteiger partial charge in [0, 0.05) is 23.7 Å². The Bertz CT molecular complexity index is 1300. The molecule has 0 atom stereocenters. The summed E-state index contributed by atoms with van der Waals surface area (Å²) >= 11 is 6.19. The van der Waals surface area contributed by atoms with Crippen LogP contribution in [0, 0.1) is 0 Å². The fraction of sp³-hybridized carbons (Fsp3) is 0.0435. The Morgan fingerprint density at radius 1 is 0.900 bits per heavy atom. The minimum atomic E-state index is -0.377. The fourth-order valence-corrected chi connectivity index (χ4v) is 3.79. The van der Waals surface area contributed by atoms with Crippen LogP contribution in [-0.2, 0) is 0 Å². The van der Waals surface area contributed by atoms with Crippen LogP contribution in [0.4, 0.5) is 17.5 Å². The molecular formula is C23H15ClN4O2. The molecule has 2 amide bonds. The zero-order valence-electron chi connectivity index (χ0n) is 15.9. The van der Waals surface area contributed by atoms with Crippen LogP contribution in [0.5, 0.6) is 0 Å². The van der Waals surface area contributed by atoms with Gasteiger partial charge < -0.3 is 4.90 Å². The predicted octanol–water partition coefficient (Wildman–Crippen LogP) is 4.85. The summed E-state index contributed by atoms with van der Waals surface area (Å²) in [4.78, 5) is 37.6.